The van der Waals surface area contributed by atoms with Crippen LogP contribution in [0.1, 0.15) is 11.1 Å². The Balaban J connectivity index is 2.25. The van der Waals surface area contributed by atoms with Crippen molar-refractivity contribution in [3.63, 3.8) is 0 Å². The second kappa shape index (κ2) is 6.24. The molecule has 0 aliphatic heterocycles. The fourth-order valence-electron chi connectivity index (χ4n) is 1.67. The predicted octanol–water partition coefficient (Wildman–Crippen LogP) is 3.02. The standard InChI is InChI=1S/C14H12BrN3O2S/c1-10-8-14(17-9-13(10)15)18-21(19,20)12-4-2-11(3-5-12)6-7-16/h2-5,8-9H,6H2,1H3,(H,17,18). The first kappa shape index (κ1) is 15.5. The van der Waals surface area contributed by atoms with Gasteiger partial charge in [0.25, 0.3) is 10.0 Å². The molecule has 21 heavy (non-hydrogen) atoms. The maximum absolute atomic E-state index is 12.2. The second-order valence-corrected chi connectivity index (χ2v) is 6.94. The Kier molecular flexibility index (Phi) is 4.60. The molecule has 0 aliphatic carbocycles. The second-order valence-electron chi connectivity index (χ2n) is 4.40. The Morgan fingerprint density at radius 3 is 2.57 bits per heavy atom. The quantitative estimate of drug-likeness (QED) is 0.902. The smallest absolute Gasteiger partial charge is 0.263 e. The van der Waals surface area contributed by atoms with Crippen molar-refractivity contribution < 1.29 is 8.42 Å². The lowest BCUT2D eigenvalue weighted by Gasteiger charge is -2.08. The van der Waals surface area contributed by atoms with Crippen LogP contribution in [0, 0.1) is 18.3 Å². The topological polar surface area (TPSA) is 82.9 Å². The van der Waals surface area contributed by atoms with E-state index in [1.807, 2.05) is 13.0 Å². The number of aryl methyl sites for hydroxylation is 1. The van der Waals surface area contributed by atoms with Gasteiger partial charge in [-0.05, 0) is 52.2 Å². The van der Waals surface area contributed by atoms with Gasteiger partial charge in [0.2, 0.25) is 0 Å². The number of benzene rings is 1. The molecule has 1 aromatic heterocycles. The molecule has 0 atom stereocenters. The minimum Gasteiger partial charge on any atom is -0.263 e. The fourth-order valence-corrected chi connectivity index (χ4v) is 2.89. The molecule has 2 rings (SSSR count). The number of hydrogen-bond donors (Lipinski definition) is 1. The van der Waals surface area contributed by atoms with Crippen molar-refractivity contribution in [2.45, 2.75) is 18.2 Å². The molecule has 5 nitrogen and oxygen atoms in total. The molecule has 0 radical (unpaired) electrons. The molecule has 1 aromatic carbocycles. The Labute approximate surface area is 131 Å². The highest BCUT2D eigenvalue weighted by Crippen LogP contribution is 2.20. The van der Waals surface area contributed by atoms with Crippen molar-refractivity contribution in [3.05, 3.63) is 52.1 Å². The van der Waals surface area contributed by atoms with Gasteiger partial charge < -0.3 is 0 Å². The van der Waals surface area contributed by atoms with Crippen molar-refractivity contribution >= 4 is 31.8 Å². The van der Waals surface area contributed by atoms with Gasteiger partial charge in [-0.15, -0.1) is 0 Å². The zero-order valence-electron chi connectivity index (χ0n) is 11.2. The summed E-state index contributed by atoms with van der Waals surface area (Å²) in [5, 5.41) is 8.60. The van der Waals surface area contributed by atoms with Gasteiger partial charge >= 0.3 is 0 Å². The van der Waals surface area contributed by atoms with E-state index < -0.39 is 10.0 Å². The molecular formula is C14H12BrN3O2S. The number of nitrogens with one attached hydrogen (secondary N) is 1. The summed E-state index contributed by atoms with van der Waals surface area (Å²) in [5.74, 6) is 0.261. The maximum Gasteiger partial charge on any atom is 0.263 e. The summed E-state index contributed by atoms with van der Waals surface area (Å²) < 4.78 is 27.7. The molecule has 7 heteroatoms. The van der Waals surface area contributed by atoms with Crippen LogP contribution in [-0.4, -0.2) is 13.4 Å². The third kappa shape index (κ3) is 3.80. The Morgan fingerprint density at radius 1 is 1.33 bits per heavy atom. The van der Waals surface area contributed by atoms with Crippen molar-refractivity contribution in [1.82, 2.24) is 4.98 Å². The zero-order valence-corrected chi connectivity index (χ0v) is 13.6. The third-order valence-corrected chi connectivity index (χ3v) is 5.00. The van der Waals surface area contributed by atoms with E-state index in [9.17, 15) is 8.42 Å². The number of nitriles is 1. The summed E-state index contributed by atoms with van der Waals surface area (Å²) >= 11 is 3.31. The Bertz CT molecular complexity index is 796. The summed E-state index contributed by atoms with van der Waals surface area (Å²) in [4.78, 5) is 4.15. The number of anilines is 1. The first-order valence-corrected chi connectivity index (χ1v) is 8.31. The summed E-state index contributed by atoms with van der Waals surface area (Å²) in [6.45, 7) is 1.85. The van der Waals surface area contributed by atoms with Gasteiger partial charge in [-0.1, -0.05) is 12.1 Å². The van der Waals surface area contributed by atoms with Gasteiger partial charge in [0.1, 0.15) is 5.82 Å². The SMILES string of the molecule is Cc1cc(NS(=O)(=O)c2ccc(CC#N)cc2)ncc1Br. The van der Waals surface area contributed by atoms with Crippen LogP contribution < -0.4 is 4.72 Å². The molecule has 0 aliphatic rings. The monoisotopic (exact) mass is 365 g/mol. The first-order chi connectivity index (χ1) is 9.92. The average molecular weight is 366 g/mol. The van der Waals surface area contributed by atoms with Crippen LogP contribution in [0.3, 0.4) is 0 Å². The van der Waals surface area contributed by atoms with Gasteiger partial charge in [0.15, 0.2) is 0 Å². The maximum atomic E-state index is 12.2. The van der Waals surface area contributed by atoms with E-state index in [1.54, 1.807) is 24.4 Å². The summed E-state index contributed by atoms with van der Waals surface area (Å²) in [7, 11) is -3.69. The van der Waals surface area contributed by atoms with Crippen LogP contribution in [0.4, 0.5) is 5.82 Å². The number of nitrogens with zero attached hydrogens (tertiary/aromatic N) is 2. The van der Waals surface area contributed by atoms with E-state index in [4.69, 9.17) is 5.26 Å². The van der Waals surface area contributed by atoms with Gasteiger partial charge in [0.05, 0.1) is 17.4 Å². The fraction of sp³-hybridized carbons (Fsp3) is 0.143. The first-order valence-electron chi connectivity index (χ1n) is 6.03. The molecule has 1 N–H and O–H groups in total. The molecule has 0 amide bonds. The number of rotatable bonds is 4. The lowest BCUT2D eigenvalue weighted by atomic mass is 10.2. The molecular weight excluding hydrogens is 354 g/mol. The van der Waals surface area contributed by atoms with Crippen LogP contribution >= 0.6 is 15.9 Å². The molecule has 0 saturated heterocycles. The Hall–Kier alpha value is -1.91. The molecule has 0 bridgehead atoms. The molecule has 108 valence electrons. The molecule has 2 aromatic rings. The summed E-state index contributed by atoms with van der Waals surface area (Å²) in [6, 6.07) is 9.85. The Morgan fingerprint density at radius 2 is 2.00 bits per heavy atom. The number of sulfonamides is 1. The van der Waals surface area contributed by atoms with E-state index in [2.05, 4.69) is 25.6 Å². The normalized spacial score (nSPS) is 10.9. The van der Waals surface area contributed by atoms with Crippen molar-refractivity contribution in [2.24, 2.45) is 0 Å². The molecule has 0 fully saturated rings. The third-order valence-electron chi connectivity index (χ3n) is 2.80. The van der Waals surface area contributed by atoms with Crippen LogP contribution in [-0.2, 0) is 16.4 Å². The minimum atomic E-state index is -3.69. The van der Waals surface area contributed by atoms with Crippen LogP contribution in [0.5, 0.6) is 0 Å². The summed E-state index contributed by atoms with van der Waals surface area (Å²) in [6.07, 6.45) is 1.80. The van der Waals surface area contributed by atoms with Gasteiger partial charge in [-0.3, -0.25) is 4.72 Å². The lowest BCUT2D eigenvalue weighted by Crippen LogP contribution is -2.14. The van der Waals surface area contributed by atoms with E-state index in [0.29, 0.717) is 0 Å². The number of halogens is 1. The highest BCUT2D eigenvalue weighted by atomic mass is 79.9. The molecule has 1 heterocycles. The number of pyridine rings is 1. The van der Waals surface area contributed by atoms with Crippen LogP contribution in [0.25, 0.3) is 0 Å². The van der Waals surface area contributed by atoms with E-state index in [0.717, 1.165) is 15.6 Å². The molecule has 0 spiro atoms. The van der Waals surface area contributed by atoms with Crippen molar-refractivity contribution in [1.29, 1.82) is 5.26 Å². The number of hydrogen-bond acceptors (Lipinski definition) is 4. The van der Waals surface area contributed by atoms with E-state index >= 15 is 0 Å². The van der Waals surface area contributed by atoms with Gasteiger partial charge in [0, 0.05) is 10.7 Å². The van der Waals surface area contributed by atoms with Crippen LogP contribution in [0.2, 0.25) is 0 Å². The number of aromatic nitrogens is 1. The highest BCUT2D eigenvalue weighted by Gasteiger charge is 2.15. The zero-order chi connectivity index (χ0) is 15.5. The lowest BCUT2D eigenvalue weighted by molar-refractivity contribution is 0.601. The van der Waals surface area contributed by atoms with Gasteiger partial charge in [-0.25, -0.2) is 13.4 Å². The van der Waals surface area contributed by atoms with Crippen LogP contribution in [0.15, 0.2) is 45.9 Å². The average Bonchev–Trinajstić information content (AvgIpc) is 2.44. The summed E-state index contributed by atoms with van der Waals surface area (Å²) in [5.41, 5.74) is 1.65. The van der Waals surface area contributed by atoms with Gasteiger partial charge in [-0.2, -0.15) is 5.26 Å². The molecule has 0 saturated carbocycles. The highest BCUT2D eigenvalue weighted by molar-refractivity contribution is 9.10. The van der Waals surface area contributed by atoms with E-state index in [1.165, 1.54) is 12.1 Å². The molecule has 0 unspecified atom stereocenters. The predicted molar refractivity (Wildman–Crippen MR) is 83.2 cm³/mol. The van der Waals surface area contributed by atoms with E-state index in [-0.39, 0.29) is 17.1 Å². The van der Waals surface area contributed by atoms with Crippen molar-refractivity contribution in [2.75, 3.05) is 4.72 Å². The van der Waals surface area contributed by atoms with Crippen molar-refractivity contribution in [3.8, 4) is 6.07 Å². The minimum absolute atomic E-state index is 0.131. The largest absolute Gasteiger partial charge is 0.263 e.